The molecule has 0 fully saturated rings. The lowest BCUT2D eigenvalue weighted by Gasteiger charge is -2.18. The molecule has 104 valence electrons. The first-order valence-corrected chi connectivity index (χ1v) is 6.29. The van der Waals surface area contributed by atoms with Gasteiger partial charge in [-0.05, 0) is 12.3 Å². The third kappa shape index (κ3) is 7.24. The predicted octanol–water partition coefficient (Wildman–Crippen LogP) is -0.600. The zero-order valence-electron chi connectivity index (χ0n) is 10.7. The molecule has 4 N–H and O–H groups in total. The molecule has 0 unspecified atom stereocenters. The van der Waals surface area contributed by atoms with Gasteiger partial charge in [0.1, 0.15) is 0 Å². The number of hydrogen-bond acceptors (Lipinski definition) is 4. The van der Waals surface area contributed by atoms with Crippen LogP contribution in [-0.4, -0.2) is 42.6 Å². The average molecular weight is 278 g/mol. The summed E-state index contributed by atoms with van der Waals surface area (Å²) in [7, 11) is 0. The molecular formula is C11H20ClN3O3. The summed E-state index contributed by atoms with van der Waals surface area (Å²) in [5.74, 6) is -0.979. The summed E-state index contributed by atoms with van der Waals surface area (Å²) in [5, 5.41) is 4.88. The third-order valence-electron chi connectivity index (χ3n) is 2.19. The van der Waals surface area contributed by atoms with Gasteiger partial charge < -0.3 is 16.4 Å². The molecule has 0 heterocycles. The van der Waals surface area contributed by atoms with Gasteiger partial charge in [0.2, 0.25) is 11.8 Å². The molecule has 0 radical (unpaired) electrons. The number of amides is 2. The van der Waals surface area contributed by atoms with Crippen molar-refractivity contribution in [1.82, 2.24) is 10.6 Å². The summed E-state index contributed by atoms with van der Waals surface area (Å²) in [4.78, 5) is 33.9. The summed E-state index contributed by atoms with van der Waals surface area (Å²) in [6.07, 6.45) is 0.516. The minimum atomic E-state index is -0.607. The molecule has 0 bridgehead atoms. The van der Waals surface area contributed by atoms with Crippen LogP contribution in [0.5, 0.6) is 0 Å². The van der Waals surface area contributed by atoms with Gasteiger partial charge in [-0.15, -0.1) is 11.6 Å². The van der Waals surface area contributed by atoms with Gasteiger partial charge in [0, 0.05) is 0 Å². The Morgan fingerprint density at radius 1 is 1.22 bits per heavy atom. The van der Waals surface area contributed by atoms with Crippen molar-refractivity contribution in [3.63, 3.8) is 0 Å². The van der Waals surface area contributed by atoms with Gasteiger partial charge in [-0.3, -0.25) is 14.4 Å². The van der Waals surface area contributed by atoms with Crippen LogP contribution >= 0.6 is 11.6 Å². The van der Waals surface area contributed by atoms with Crippen molar-refractivity contribution in [2.45, 2.75) is 26.3 Å². The second kappa shape index (κ2) is 8.88. The van der Waals surface area contributed by atoms with E-state index in [0.717, 1.165) is 0 Å². The topological polar surface area (TPSA) is 101 Å². The van der Waals surface area contributed by atoms with E-state index in [9.17, 15) is 14.4 Å². The molecule has 0 spiro atoms. The Balaban J connectivity index is 4.26. The van der Waals surface area contributed by atoms with Crippen LogP contribution in [-0.2, 0) is 14.4 Å². The lowest BCUT2D eigenvalue weighted by Crippen LogP contribution is -2.47. The first-order chi connectivity index (χ1) is 8.40. The lowest BCUT2D eigenvalue weighted by atomic mass is 10.0. The zero-order chi connectivity index (χ0) is 14.1. The third-order valence-corrected chi connectivity index (χ3v) is 2.46. The number of carbonyl (C=O) groups is 3. The molecule has 0 aromatic carbocycles. The maximum absolute atomic E-state index is 11.5. The number of carbonyl (C=O) groups excluding carboxylic acids is 3. The molecule has 0 aliphatic rings. The highest BCUT2D eigenvalue weighted by Crippen LogP contribution is 2.06. The highest BCUT2D eigenvalue weighted by molar-refractivity contribution is 6.28. The van der Waals surface area contributed by atoms with Gasteiger partial charge >= 0.3 is 0 Å². The minimum absolute atomic E-state index is 0.146. The molecule has 0 aromatic rings. The summed E-state index contributed by atoms with van der Waals surface area (Å²) in [6.45, 7) is 3.51. The quantitative estimate of drug-likeness (QED) is 0.516. The van der Waals surface area contributed by atoms with Crippen LogP contribution in [0.1, 0.15) is 20.3 Å². The number of nitrogens with two attached hydrogens (primary N) is 1. The van der Waals surface area contributed by atoms with Crippen LogP contribution in [0, 0.1) is 5.92 Å². The van der Waals surface area contributed by atoms with E-state index in [1.807, 2.05) is 13.8 Å². The fraction of sp³-hybridized carbons (Fsp3) is 0.727. The summed E-state index contributed by atoms with van der Waals surface area (Å²) >= 11 is 5.48. The Hall–Kier alpha value is -1.14. The molecule has 2 amide bonds. The lowest BCUT2D eigenvalue weighted by molar-refractivity contribution is -0.128. The largest absolute Gasteiger partial charge is 0.346 e. The number of Topliss-reactive ketones (excluding diaryl/α,β-unsaturated/α-hetero) is 1. The van der Waals surface area contributed by atoms with E-state index in [1.54, 1.807) is 0 Å². The highest BCUT2D eigenvalue weighted by Gasteiger charge is 2.20. The maximum Gasteiger partial charge on any atom is 0.239 e. The zero-order valence-corrected chi connectivity index (χ0v) is 11.4. The molecule has 0 rings (SSSR count). The van der Waals surface area contributed by atoms with Gasteiger partial charge in [-0.25, -0.2) is 0 Å². The van der Waals surface area contributed by atoms with Crippen molar-refractivity contribution < 1.29 is 14.4 Å². The van der Waals surface area contributed by atoms with E-state index in [1.165, 1.54) is 0 Å². The number of rotatable bonds is 8. The Kier molecular flexibility index (Phi) is 8.32. The number of alkyl halides is 1. The minimum Gasteiger partial charge on any atom is -0.346 e. The standard InChI is InChI=1S/C11H20ClN3O3/c1-7(2)3-8(9(16)4-12)15-11(18)6-14-10(17)5-13/h7-8H,3-6,13H2,1-2H3,(H,14,17)(H,15,18)/t8-/m0/s1. The second-order valence-electron chi connectivity index (χ2n) is 4.33. The van der Waals surface area contributed by atoms with Gasteiger partial charge in [0.25, 0.3) is 0 Å². The van der Waals surface area contributed by atoms with E-state index in [2.05, 4.69) is 10.6 Å². The van der Waals surface area contributed by atoms with Crippen LogP contribution in [0.15, 0.2) is 0 Å². The van der Waals surface area contributed by atoms with Crippen LogP contribution in [0.4, 0.5) is 0 Å². The summed E-state index contributed by atoms with van der Waals surface area (Å²) in [6, 6.07) is -0.607. The molecule has 0 aromatic heterocycles. The maximum atomic E-state index is 11.5. The van der Waals surface area contributed by atoms with Crippen LogP contribution in [0.3, 0.4) is 0 Å². The normalized spacial score (nSPS) is 12.1. The van der Waals surface area contributed by atoms with Crippen molar-refractivity contribution in [3.05, 3.63) is 0 Å². The van der Waals surface area contributed by atoms with Crippen LogP contribution in [0.2, 0.25) is 0 Å². The first kappa shape index (κ1) is 16.9. The van der Waals surface area contributed by atoms with Crippen molar-refractivity contribution in [2.24, 2.45) is 11.7 Å². The van der Waals surface area contributed by atoms with Gasteiger partial charge in [-0.1, -0.05) is 13.8 Å². The smallest absolute Gasteiger partial charge is 0.239 e. The number of nitrogens with one attached hydrogen (secondary N) is 2. The molecular weight excluding hydrogens is 258 g/mol. The van der Waals surface area contributed by atoms with Crippen LogP contribution in [0.25, 0.3) is 0 Å². The molecule has 0 aliphatic carbocycles. The highest BCUT2D eigenvalue weighted by atomic mass is 35.5. The van der Waals surface area contributed by atoms with Crippen LogP contribution < -0.4 is 16.4 Å². The monoisotopic (exact) mass is 277 g/mol. The summed E-state index contributed by atoms with van der Waals surface area (Å²) in [5.41, 5.74) is 5.08. The summed E-state index contributed by atoms with van der Waals surface area (Å²) < 4.78 is 0. The molecule has 0 aliphatic heterocycles. The molecule has 6 nitrogen and oxygen atoms in total. The van der Waals surface area contributed by atoms with Crippen molar-refractivity contribution >= 4 is 29.2 Å². The van der Waals surface area contributed by atoms with E-state index >= 15 is 0 Å². The van der Waals surface area contributed by atoms with E-state index in [4.69, 9.17) is 17.3 Å². The first-order valence-electron chi connectivity index (χ1n) is 5.75. The Bertz CT molecular complexity index is 308. The fourth-order valence-electron chi connectivity index (χ4n) is 1.33. The number of ketones is 1. The average Bonchev–Trinajstić information content (AvgIpc) is 2.33. The van der Waals surface area contributed by atoms with E-state index in [-0.39, 0.29) is 30.7 Å². The van der Waals surface area contributed by atoms with Gasteiger partial charge in [-0.2, -0.15) is 0 Å². The van der Waals surface area contributed by atoms with Crippen molar-refractivity contribution in [3.8, 4) is 0 Å². The molecule has 0 saturated carbocycles. The Labute approximate surface area is 112 Å². The second-order valence-corrected chi connectivity index (χ2v) is 4.60. The molecule has 1 atom stereocenters. The Morgan fingerprint density at radius 3 is 2.28 bits per heavy atom. The predicted molar refractivity (Wildman–Crippen MR) is 69.2 cm³/mol. The van der Waals surface area contributed by atoms with Crippen molar-refractivity contribution in [2.75, 3.05) is 19.0 Å². The van der Waals surface area contributed by atoms with E-state index < -0.39 is 17.9 Å². The van der Waals surface area contributed by atoms with Gasteiger partial charge in [0.15, 0.2) is 5.78 Å². The SMILES string of the molecule is CC(C)C[C@H](NC(=O)CNC(=O)CN)C(=O)CCl. The van der Waals surface area contributed by atoms with Crippen molar-refractivity contribution in [1.29, 1.82) is 0 Å². The fourth-order valence-corrected chi connectivity index (χ4v) is 1.52. The molecule has 0 saturated heterocycles. The molecule has 18 heavy (non-hydrogen) atoms. The van der Waals surface area contributed by atoms with Gasteiger partial charge in [0.05, 0.1) is 25.0 Å². The van der Waals surface area contributed by atoms with E-state index in [0.29, 0.717) is 6.42 Å². The molecule has 7 heteroatoms. The number of hydrogen-bond donors (Lipinski definition) is 3. The number of halogens is 1. The Morgan fingerprint density at radius 2 is 1.83 bits per heavy atom.